The zero-order valence-corrected chi connectivity index (χ0v) is 19.8. The number of aliphatic imine (C=N–C) groups is 1. The second-order valence-corrected chi connectivity index (χ2v) is 8.23. The molecule has 0 aromatic rings. The van der Waals surface area contributed by atoms with Crippen molar-refractivity contribution in [1.29, 1.82) is 0 Å². The van der Waals surface area contributed by atoms with Crippen LogP contribution in [0, 0.1) is 11.3 Å². The topological polar surface area (TPSA) is 66.0 Å². The summed E-state index contributed by atoms with van der Waals surface area (Å²) >= 11 is 0. The van der Waals surface area contributed by atoms with Gasteiger partial charge in [-0.3, -0.25) is 4.79 Å². The number of rotatable bonds is 8. The molecule has 1 aliphatic rings. The van der Waals surface area contributed by atoms with Crippen LogP contribution in [0.2, 0.25) is 0 Å². The van der Waals surface area contributed by atoms with Gasteiger partial charge in [-0.2, -0.15) is 0 Å². The van der Waals surface area contributed by atoms with E-state index < -0.39 is 0 Å². The summed E-state index contributed by atoms with van der Waals surface area (Å²) in [6, 6.07) is 0.427. The Hall–Kier alpha value is -0.570. The van der Waals surface area contributed by atoms with E-state index in [-0.39, 0.29) is 41.8 Å². The van der Waals surface area contributed by atoms with Crippen LogP contribution in [0.5, 0.6) is 0 Å². The van der Waals surface area contributed by atoms with Crippen molar-refractivity contribution in [2.24, 2.45) is 16.3 Å². The fourth-order valence-corrected chi connectivity index (χ4v) is 2.94. The van der Waals surface area contributed by atoms with Crippen molar-refractivity contribution >= 4 is 35.8 Å². The molecule has 0 saturated heterocycles. The van der Waals surface area contributed by atoms with Crippen LogP contribution in [0.25, 0.3) is 0 Å². The number of likely N-dealkylation sites (N-methyl/N-ethyl adjacent to an activating group) is 1. The van der Waals surface area contributed by atoms with Gasteiger partial charge in [0.15, 0.2) is 5.96 Å². The van der Waals surface area contributed by atoms with Gasteiger partial charge in [0, 0.05) is 40.4 Å². The van der Waals surface area contributed by atoms with Crippen LogP contribution in [-0.2, 0) is 9.53 Å². The molecular weight excluding hydrogens is 443 g/mol. The van der Waals surface area contributed by atoms with Crippen LogP contribution in [-0.4, -0.2) is 63.7 Å². The van der Waals surface area contributed by atoms with Crippen molar-refractivity contribution in [2.45, 2.75) is 58.9 Å². The van der Waals surface area contributed by atoms with E-state index in [1.54, 1.807) is 26.1 Å². The van der Waals surface area contributed by atoms with E-state index in [1.165, 1.54) is 19.3 Å². The first-order chi connectivity index (χ1) is 11.7. The minimum atomic E-state index is 0. The summed E-state index contributed by atoms with van der Waals surface area (Å²) in [6.07, 6.45) is 5.95. The third kappa shape index (κ3) is 9.94. The standard InChI is InChI=1S/C19H38N4O2.HI/c1-15-9-7-8-10-16(15)22-18(20-13-17(24)23(4)5)21-14-19(2,3)11-12-25-6;/h15-16H,7-14H2,1-6H3,(H2,20,21,22);1H. The molecule has 0 heterocycles. The highest BCUT2D eigenvalue weighted by atomic mass is 127. The number of halogens is 1. The predicted octanol–water partition coefficient (Wildman–Crippen LogP) is 2.87. The average Bonchev–Trinajstić information content (AvgIpc) is 2.56. The zero-order valence-electron chi connectivity index (χ0n) is 17.4. The van der Waals surface area contributed by atoms with Gasteiger partial charge in [0.25, 0.3) is 0 Å². The molecule has 0 bridgehead atoms. The molecule has 1 aliphatic carbocycles. The highest BCUT2D eigenvalue weighted by Gasteiger charge is 2.23. The monoisotopic (exact) mass is 482 g/mol. The average molecular weight is 482 g/mol. The summed E-state index contributed by atoms with van der Waals surface area (Å²) in [5, 5.41) is 7.01. The number of ether oxygens (including phenoxy) is 1. The highest BCUT2D eigenvalue weighted by molar-refractivity contribution is 14.0. The van der Waals surface area contributed by atoms with Crippen molar-refractivity contribution < 1.29 is 9.53 Å². The van der Waals surface area contributed by atoms with Crippen LogP contribution in [0.15, 0.2) is 4.99 Å². The Labute approximate surface area is 176 Å². The Kier molecular flexibility index (Phi) is 12.5. The number of carbonyl (C=O) groups excluding carboxylic acids is 1. The molecule has 2 N–H and O–H groups in total. The SMILES string of the molecule is COCCC(C)(C)CNC(=NCC(=O)N(C)C)NC1CCCCC1C.I. The molecule has 1 fully saturated rings. The van der Waals surface area contributed by atoms with E-state index in [1.807, 2.05) is 0 Å². The summed E-state index contributed by atoms with van der Waals surface area (Å²) in [4.78, 5) is 18.0. The van der Waals surface area contributed by atoms with Gasteiger partial charge in [0.1, 0.15) is 6.54 Å². The second kappa shape index (κ2) is 12.8. The van der Waals surface area contributed by atoms with Gasteiger partial charge >= 0.3 is 0 Å². The van der Waals surface area contributed by atoms with Crippen molar-refractivity contribution in [3.05, 3.63) is 0 Å². The Balaban J connectivity index is 0.00000625. The quantitative estimate of drug-likeness (QED) is 0.317. The van der Waals surface area contributed by atoms with Crippen molar-refractivity contribution in [3.63, 3.8) is 0 Å². The molecule has 0 radical (unpaired) electrons. The van der Waals surface area contributed by atoms with Crippen LogP contribution in [0.4, 0.5) is 0 Å². The van der Waals surface area contributed by atoms with Crippen LogP contribution in [0.3, 0.4) is 0 Å². The van der Waals surface area contributed by atoms with E-state index in [0.29, 0.717) is 12.0 Å². The maximum Gasteiger partial charge on any atom is 0.243 e. The third-order valence-corrected chi connectivity index (χ3v) is 5.02. The lowest BCUT2D eigenvalue weighted by atomic mass is 9.86. The minimum absolute atomic E-state index is 0. The minimum Gasteiger partial charge on any atom is -0.385 e. The first-order valence-corrected chi connectivity index (χ1v) is 9.49. The van der Waals surface area contributed by atoms with E-state index in [9.17, 15) is 4.79 Å². The van der Waals surface area contributed by atoms with Crippen molar-refractivity contribution in [3.8, 4) is 0 Å². The molecule has 1 amide bonds. The predicted molar refractivity (Wildman–Crippen MR) is 119 cm³/mol. The number of hydrogen-bond acceptors (Lipinski definition) is 3. The molecule has 154 valence electrons. The van der Waals surface area contributed by atoms with Crippen molar-refractivity contribution in [2.75, 3.05) is 40.9 Å². The molecule has 6 nitrogen and oxygen atoms in total. The first-order valence-electron chi connectivity index (χ1n) is 9.49. The third-order valence-electron chi connectivity index (χ3n) is 5.02. The van der Waals surface area contributed by atoms with Gasteiger partial charge < -0.3 is 20.3 Å². The van der Waals surface area contributed by atoms with E-state index >= 15 is 0 Å². The summed E-state index contributed by atoms with van der Waals surface area (Å²) in [6.45, 7) is 8.42. The number of methoxy groups -OCH3 is 1. The van der Waals surface area contributed by atoms with Crippen LogP contribution in [0.1, 0.15) is 52.9 Å². The Morgan fingerprint density at radius 2 is 1.92 bits per heavy atom. The lowest BCUT2D eigenvalue weighted by Crippen LogP contribution is -2.49. The molecule has 2 atom stereocenters. The number of guanidine groups is 1. The molecule has 7 heteroatoms. The largest absolute Gasteiger partial charge is 0.385 e. The Morgan fingerprint density at radius 1 is 1.27 bits per heavy atom. The molecule has 0 aromatic heterocycles. The first kappa shape index (κ1) is 25.4. The molecule has 1 saturated carbocycles. The summed E-state index contributed by atoms with van der Waals surface area (Å²) in [5.41, 5.74) is 0.0994. The molecule has 2 unspecified atom stereocenters. The van der Waals surface area contributed by atoms with Crippen LogP contribution >= 0.6 is 24.0 Å². The molecule has 1 rings (SSSR count). The molecule has 0 aromatic carbocycles. The van der Waals surface area contributed by atoms with Gasteiger partial charge in [-0.1, -0.05) is 33.6 Å². The maximum atomic E-state index is 11.9. The number of nitrogens with zero attached hydrogens (tertiary/aromatic N) is 2. The number of hydrogen-bond donors (Lipinski definition) is 2. The van der Waals surface area contributed by atoms with Gasteiger partial charge in [0.2, 0.25) is 5.91 Å². The van der Waals surface area contributed by atoms with Gasteiger partial charge in [0.05, 0.1) is 0 Å². The lowest BCUT2D eigenvalue weighted by molar-refractivity contribution is -0.127. The maximum absolute atomic E-state index is 11.9. The van der Waals surface area contributed by atoms with Crippen molar-refractivity contribution in [1.82, 2.24) is 15.5 Å². The summed E-state index contributed by atoms with van der Waals surface area (Å²) < 4.78 is 5.20. The van der Waals surface area contributed by atoms with Gasteiger partial charge in [-0.05, 0) is 30.6 Å². The molecule has 0 aliphatic heterocycles. The highest BCUT2D eigenvalue weighted by Crippen LogP contribution is 2.24. The summed E-state index contributed by atoms with van der Waals surface area (Å²) in [5.74, 6) is 1.39. The van der Waals surface area contributed by atoms with E-state index in [2.05, 4.69) is 36.4 Å². The number of amides is 1. The number of carbonyl (C=O) groups is 1. The van der Waals surface area contributed by atoms with Gasteiger partial charge in [-0.25, -0.2) is 4.99 Å². The number of nitrogens with one attached hydrogen (secondary N) is 2. The molecule has 0 spiro atoms. The second-order valence-electron chi connectivity index (χ2n) is 8.23. The van der Waals surface area contributed by atoms with Gasteiger partial charge in [-0.15, -0.1) is 24.0 Å². The Morgan fingerprint density at radius 3 is 2.50 bits per heavy atom. The van der Waals surface area contributed by atoms with E-state index in [0.717, 1.165) is 32.0 Å². The summed E-state index contributed by atoms with van der Waals surface area (Å²) in [7, 11) is 5.25. The fourth-order valence-electron chi connectivity index (χ4n) is 2.94. The normalized spacial score (nSPS) is 20.9. The Bertz CT molecular complexity index is 441. The zero-order chi connectivity index (χ0) is 18.9. The van der Waals surface area contributed by atoms with Crippen LogP contribution < -0.4 is 10.6 Å². The fraction of sp³-hybridized carbons (Fsp3) is 0.895. The lowest BCUT2D eigenvalue weighted by Gasteiger charge is -2.32. The molecular formula is C19H39IN4O2. The van der Waals surface area contributed by atoms with E-state index in [4.69, 9.17) is 4.74 Å². The molecule has 26 heavy (non-hydrogen) atoms. The smallest absolute Gasteiger partial charge is 0.243 e.